The smallest absolute Gasteiger partial charge is 0.261 e. The molecule has 170 valence electrons. The molecule has 0 aromatic heterocycles. The summed E-state index contributed by atoms with van der Waals surface area (Å²) in [5.74, 6) is -0.460. The number of imide groups is 1. The molecular formula is C30H26BrNO2. The van der Waals surface area contributed by atoms with Crippen molar-refractivity contribution in [2.24, 2.45) is 0 Å². The molecule has 1 aliphatic heterocycles. The van der Waals surface area contributed by atoms with Crippen LogP contribution in [0, 0.1) is 0 Å². The van der Waals surface area contributed by atoms with Crippen molar-refractivity contribution in [3.05, 3.63) is 82.4 Å². The van der Waals surface area contributed by atoms with Gasteiger partial charge in [-0.25, -0.2) is 0 Å². The van der Waals surface area contributed by atoms with Gasteiger partial charge in [0.15, 0.2) is 0 Å². The lowest BCUT2D eigenvalue weighted by Gasteiger charge is -2.33. The van der Waals surface area contributed by atoms with E-state index in [0.29, 0.717) is 11.1 Å². The van der Waals surface area contributed by atoms with Gasteiger partial charge in [0.25, 0.3) is 11.8 Å². The first kappa shape index (κ1) is 21.5. The van der Waals surface area contributed by atoms with E-state index in [2.05, 4.69) is 79.2 Å². The summed E-state index contributed by atoms with van der Waals surface area (Å²) in [6.45, 7) is 6.73. The van der Waals surface area contributed by atoms with Gasteiger partial charge < -0.3 is 0 Å². The van der Waals surface area contributed by atoms with E-state index < -0.39 is 0 Å². The highest BCUT2D eigenvalue weighted by atomic mass is 79.9. The third-order valence-corrected chi connectivity index (χ3v) is 9.33. The van der Waals surface area contributed by atoms with Crippen molar-refractivity contribution in [1.82, 2.24) is 4.90 Å². The van der Waals surface area contributed by atoms with Gasteiger partial charge in [0.1, 0.15) is 0 Å². The Morgan fingerprint density at radius 1 is 0.794 bits per heavy atom. The summed E-state index contributed by atoms with van der Waals surface area (Å²) in [5, 5.41) is 4.40. The standard InChI is InChI=1S/C30H26BrNO2/c1-5-24(31)16-12-14-22-25-17(16)8-7-9-18(25)19-10-11-20-26-21(29(34)32(4)28(20)33)13-15-23(27(19)26)30(22,3)6-2/h7-15,24H,5-6H2,1-4H3. The monoisotopic (exact) mass is 511 g/mol. The zero-order valence-electron chi connectivity index (χ0n) is 19.8. The maximum atomic E-state index is 13.1. The Morgan fingerprint density at radius 3 is 2.06 bits per heavy atom. The van der Waals surface area contributed by atoms with E-state index in [-0.39, 0.29) is 22.1 Å². The summed E-state index contributed by atoms with van der Waals surface area (Å²) in [7, 11) is 1.57. The van der Waals surface area contributed by atoms with E-state index in [1.807, 2.05) is 12.1 Å². The van der Waals surface area contributed by atoms with Crippen molar-refractivity contribution in [3.8, 4) is 11.1 Å². The van der Waals surface area contributed by atoms with Crippen LogP contribution in [0.3, 0.4) is 0 Å². The molecule has 2 aliphatic rings. The minimum absolute atomic E-state index is 0.230. The molecule has 0 N–H and O–H groups in total. The minimum Gasteiger partial charge on any atom is -0.277 e. The van der Waals surface area contributed by atoms with Crippen molar-refractivity contribution in [2.45, 2.75) is 43.9 Å². The molecule has 3 nitrogen and oxygen atoms in total. The predicted molar refractivity (Wildman–Crippen MR) is 142 cm³/mol. The van der Waals surface area contributed by atoms with Gasteiger partial charge in [-0.1, -0.05) is 79.2 Å². The zero-order chi connectivity index (χ0) is 23.9. The first-order valence-electron chi connectivity index (χ1n) is 12.0. The van der Waals surface area contributed by atoms with Gasteiger partial charge in [-0.15, -0.1) is 0 Å². The van der Waals surface area contributed by atoms with Crippen LogP contribution in [0.15, 0.2) is 54.6 Å². The van der Waals surface area contributed by atoms with Gasteiger partial charge in [-0.3, -0.25) is 14.5 Å². The molecule has 1 aliphatic carbocycles. The Labute approximate surface area is 207 Å². The van der Waals surface area contributed by atoms with Gasteiger partial charge in [0.2, 0.25) is 0 Å². The maximum Gasteiger partial charge on any atom is 0.261 e. The third kappa shape index (κ3) is 2.52. The average molecular weight is 512 g/mol. The number of carbonyl (C=O) groups excluding carboxylic acids is 2. The fraction of sp³-hybridized carbons (Fsp3) is 0.267. The second kappa shape index (κ2) is 7.26. The summed E-state index contributed by atoms with van der Waals surface area (Å²) in [5.41, 5.74) is 7.03. The Morgan fingerprint density at radius 2 is 1.38 bits per heavy atom. The van der Waals surface area contributed by atoms with Gasteiger partial charge in [-0.05, 0) is 69.0 Å². The third-order valence-electron chi connectivity index (χ3n) is 8.19. The number of benzene rings is 4. The fourth-order valence-electron chi connectivity index (χ4n) is 6.12. The van der Waals surface area contributed by atoms with E-state index in [1.54, 1.807) is 7.05 Å². The molecule has 0 radical (unpaired) electrons. The van der Waals surface area contributed by atoms with Gasteiger partial charge in [0, 0.05) is 33.8 Å². The summed E-state index contributed by atoms with van der Waals surface area (Å²) < 4.78 is 0. The van der Waals surface area contributed by atoms with Crippen molar-refractivity contribution < 1.29 is 9.59 Å². The molecule has 6 rings (SSSR count). The summed E-state index contributed by atoms with van der Waals surface area (Å²) in [4.78, 5) is 27.8. The molecule has 0 saturated carbocycles. The van der Waals surface area contributed by atoms with Crippen LogP contribution in [-0.2, 0) is 5.41 Å². The number of hydrogen-bond acceptors (Lipinski definition) is 2. The number of hydrogen-bond donors (Lipinski definition) is 0. The zero-order valence-corrected chi connectivity index (χ0v) is 21.4. The van der Waals surface area contributed by atoms with Gasteiger partial charge in [-0.2, -0.15) is 0 Å². The molecule has 4 heteroatoms. The molecule has 2 amide bonds. The summed E-state index contributed by atoms with van der Waals surface area (Å²) in [6.07, 6.45) is 1.91. The SMILES string of the molecule is CCC(Br)c1ccc2c3c(cccc13)-c1ccc3c4c(ccc(c14)C2(C)CC)C(=O)N(C)C3=O. The van der Waals surface area contributed by atoms with Crippen LogP contribution in [0.4, 0.5) is 0 Å². The van der Waals surface area contributed by atoms with Crippen molar-refractivity contribution in [3.63, 3.8) is 0 Å². The van der Waals surface area contributed by atoms with Crippen LogP contribution in [-0.4, -0.2) is 23.8 Å². The van der Waals surface area contributed by atoms with Crippen LogP contribution >= 0.6 is 15.9 Å². The second-order valence-corrected chi connectivity index (χ2v) is 10.8. The number of amides is 2. The number of rotatable bonds is 3. The molecule has 0 bridgehead atoms. The Bertz CT molecular complexity index is 1550. The van der Waals surface area contributed by atoms with Crippen molar-refractivity contribution in [1.29, 1.82) is 0 Å². The number of halogens is 1. The molecule has 0 saturated heterocycles. The normalized spacial score (nSPS) is 19.6. The number of fused-ring (bicyclic) bond motifs is 1. The molecule has 4 aromatic carbocycles. The number of nitrogens with zero attached hydrogens (tertiary/aromatic N) is 1. The number of alkyl halides is 1. The van der Waals surface area contributed by atoms with Gasteiger partial charge in [0.05, 0.1) is 0 Å². The molecule has 0 fully saturated rings. The quantitative estimate of drug-likeness (QED) is 0.208. The summed E-state index contributed by atoms with van der Waals surface area (Å²) in [6, 6.07) is 19.2. The lowest BCUT2D eigenvalue weighted by Crippen LogP contribution is -2.37. The molecule has 1 heterocycles. The maximum absolute atomic E-state index is 13.1. The second-order valence-electron chi connectivity index (χ2n) is 9.73. The van der Waals surface area contributed by atoms with E-state index in [9.17, 15) is 9.59 Å². The highest BCUT2D eigenvalue weighted by Crippen LogP contribution is 2.52. The van der Waals surface area contributed by atoms with Crippen molar-refractivity contribution >= 4 is 49.3 Å². The van der Waals surface area contributed by atoms with Crippen LogP contribution in [0.2, 0.25) is 0 Å². The lowest BCUT2D eigenvalue weighted by atomic mass is 9.71. The first-order chi connectivity index (χ1) is 16.3. The molecule has 34 heavy (non-hydrogen) atoms. The van der Waals surface area contributed by atoms with E-state index >= 15 is 0 Å². The minimum atomic E-state index is -0.265. The van der Waals surface area contributed by atoms with Gasteiger partial charge >= 0.3 is 0 Å². The van der Waals surface area contributed by atoms with Crippen LogP contribution in [0.5, 0.6) is 0 Å². The predicted octanol–water partition coefficient (Wildman–Crippen LogP) is 7.76. The Balaban J connectivity index is 1.85. The van der Waals surface area contributed by atoms with E-state index in [0.717, 1.165) is 29.2 Å². The lowest BCUT2D eigenvalue weighted by molar-refractivity contribution is 0.0650. The molecule has 2 atom stereocenters. The molecule has 4 aromatic rings. The number of carbonyl (C=O) groups is 2. The van der Waals surface area contributed by atoms with E-state index in [1.165, 1.54) is 37.9 Å². The largest absolute Gasteiger partial charge is 0.277 e. The summed E-state index contributed by atoms with van der Waals surface area (Å²) >= 11 is 3.89. The van der Waals surface area contributed by atoms with Crippen molar-refractivity contribution in [2.75, 3.05) is 7.05 Å². The molecule has 2 unspecified atom stereocenters. The van der Waals surface area contributed by atoms with Crippen LogP contribution < -0.4 is 0 Å². The van der Waals surface area contributed by atoms with E-state index in [4.69, 9.17) is 0 Å². The van der Waals surface area contributed by atoms with Crippen LogP contribution in [0.1, 0.15) is 75.8 Å². The van der Waals surface area contributed by atoms with Crippen LogP contribution in [0.25, 0.3) is 32.7 Å². The first-order valence-corrected chi connectivity index (χ1v) is 12.9. The molecule has 0 spiro atoms. The topological polar surface area (TPSA) is 37.4 Å². The Kier molecular flexibility index (Phi) is 4.60. The average Bonchev–Trinajstić information content (AvgIpc) is 2.96. The Hall–Kier alpha value is -2.98. The highest BCUT2D eigenvalue weighted by molar-refractivity contribution is 9.09. The molecular weight excluding hydrogens is 486 g/mol. The highest BCUT2D eigenvalue weighted by Gasteiger charge is 2.39. The fourth-order valence-corrected chi connectivity index (χ4v) is 6.52.